The molecule has 2 heterocycles. The molecule has 2 N–H and O–H groups in total. The van der Waals surface area contributed by atoms with E-state index in [-0.39, 0.29) is 17.7 Å². The number of hydrogen-bond donors (Lipinski definition) is 2. The van der Waals surface area contributed by atoms with E-state index in [1.807, 2.05) is 60.7 Å². The van der Waals surface area contributed by atoms with Gasteiger partial charge in [0.2, 0.25) is 5.89 Å². The first-order valence-corrected chi connectivity index (χ1v) is 13.6. The van der Waals surface area contributed by atoms with Crippen LogP contribution in [-0.2, 0) is 13.0 Å². The van der Waals surface area contributed by atoms with Crippen LogP contribution in [0.1, 0.15) is 51.8 Å². The van der Waals surface area contributed by atoms with Gasteiger partial charge in [-0.25, -0.2) is 14.6 Å². The summed E-state index contributed by atoms with van der Waals surface area (Å²) in [5, 5.41) is 21.6. The molecule has 0 unspecified atom stereocenters. The molecule has 6 rings (SSSR count). The second-order valence-corrected chi connectivity index (χ2v) is 10.0. The molecule has 0 bridgehead atoms. The Balaban J connectivity index is 1.24. The van der Waals surface area contributed by atoms with E-state index in [1.54, 1.807) is 6.20 Å². The maximum Gasteiger partial charge on any atom is 0.336 e. The minimum Gasteiger partial charge on any atom is -0.489 e. The Bertz CT molecular complexity index is 1950. The summed E-state index contributed by atoms with van der Waals surface area (Å²) in [7, 11) is 0. The van der Waals surface area contributed by atoms with Crippen molar-refractivity contribution in [3.8, 4) is 28.5 Å². The third-order valence-electron chi connectivity index (χ3n) is 7.22. The van der Waals surface area contributed by atoms with Crippen molar-refractivity contribution in [3.05, 3.63) is 108 Å². The van der Waals surface area contributed by atoms with E-state index < -0.39 is 11.9 Å². The lowest BCUT2D eigenvalue weighted by Crippen LogP contribution is -2.08. The Morgan fingerprint density at radius 1 is 0.881 bits per heavy atom. The quantitative estimate of drug-likeness (QED) is 0.171. The van der Waals surface area contributed by atoms with Gasteiger partial charge < -0.3 is 23.8 Å². The van der Waals surface area contributed by atoms with E-state index in [2.05, 4.69) is 11.9 Å². The van der Waals surface area contributed by atoms with Gasteiger partial charge in [-0.3, -0.25) is 0 Å². The number of nitrogens with zero attached hydrogens (tertiary/aromatic N) is 1. The molecule has 0 atom stereocenters. The predicted octanol–water partition coefficient (Wildman–Crippen LogP) is 8.23. The number of ether oxygens (including phenoxy) is 1. The van der Waals surface area contributed by atoms with Crippen LogP contribution in [0.4, 0.5) is 0 Å². The van der Waals surface area contributed by atoms with Crippen LogP contribution in [0.3, 0.4) is 0 Å². The molecule has 0 radical (unpaired) electrons. The first kappa shape index (κ1) is 26.8. The molecule has 210 valence electrons. The van der Waals surface area contributed by atoms with E-state index in [9.17, 15) is 14.7 Å². The maximum atomic E-state index is 11.7. The molecule has 42 heavy (non-hydrogen) atoms. The van der Waals surface area contributed by atoms with Crippen molar-refractivity contribution in [3.63, 3.8) is 0 Å². The number of carboxylic acid groups (broad SMARTS) is 2. The maximum absolute atomic E-state index is 11.7. The fraction of sp³-hybridized carbons (Fsp3) is 0.147. The van der Waals surface area contributed by atoms with Crippen LogP contribution in [0, 0.1) is 0 Å². The van der Waals surface area contributed by atoms with Crippen LogP contribution in [0.25, 0.3) is 44.5 Å². The Labute approximate surface area is 240 Å². The van der Waals surface area contributed by atoms with Crippen molar-refractivity contribution in [2.45, 2.75) is 32.8 Å². The lowest BCUT2D eigenvalue weighted by atomic mass is 10.0. The van der Waals surface area contributed by atoms with Crippen LogP contribution in [0.5, 0.6) is 5.75 Å². The lowest BCUT2D eigenvalue weighted by Gasteiger charge is -2.11. The number of furan rings is 1. The highest BCUT2D eigenvalue weighted by Crippen LogP contribution is 2.37. The number of aryl methyl sites for hydroxylation is 1. The van der Waals surface area contributed by atoms with Crippen molar-refractivity contribution >= 4 is 33.7 Å². The molecule has 0 saturated carbocycles. The number of aromatic nitrogens is 1. The average molecular weight is 562 g/mol. The number of rotatable bonds is 10. The van der Waals surface area contributed by atoms with Gasteiger partial charge in [0.25, 0.3) is 0 Å². The summed E-state index contributed by atoms with van der Waals surface area (Å²) >= 11 is 0. The monoisotopic (exact) mass is 561 g/mol. The van der Waals surface area contributed by atoms with Gasteiger partial charge in [0.1, 0.15) is 23.7 Å². The Hall–Kier alpha value is -5.37. The van der Waals surface area contributed by atoms with Gasteiger partial charge in [0.05, 0.1) is 22.9 Å². The Kier molecular flexibility index (Phi) is 7.19. The fourth-order valence-corrected chi connectivity index (χ4v) is 5.03. The molecular weight excluding hydrogens is 534 g/mol. The van der Waals surface area contributed by atoms with Gasteiger partial charge in [-0.15, -0.1) is 0 Å². The smallest absolute Gasteiger partial charge is 0.336 e. The number of para-hydroxylation sites is 1. The van der Waals surface area contributed by atoms with Gasteiger partial charge >= 0.3 is 11.9 Å². The number of unbranched alkanes of at least 4 members (excludes halogenated alkanes) is 1. The molecule has 0 aliphatic heterocycles. The van der Waals surface area contributed by atoms with E-state index in [4.69, 9.17) is 18.7 Å². The Morgan fingerprint density at radius 2 is 1.69 bits per heavy atom. The van der Waals surface area contributed by atoms with Gasteiger partial charge in [-0.2, -0.15) is 0 Å². The highest BCUT2D eigenvalue weighted by atomic mass is 16.5. The summed E-state index contributed by atoms with van der Waals surface area (Å²) < 4.78 is 18.3. The number of aromatic carboxylic acids is 2. The fourth-order valence-electron chi connectivity index (χ4n) is 5.03. The van der Waals surface area contributed by atoms with Crippen LogP contribution in [0.2, 0.25) is 0 Å². The van der Waals surface area contributed by atoms with Crippen LogP contribution >= 0.6 is 0 Å². The van der Waals surface area contributed by atoms with E-state index in [1.165, 1.54) is 12.1 Å². The van der Waals surface area contributed by atoms with Crippen molar-refractivity contribution < 1.29 is 33.4 Å². The highest BCUT2D eigenvalue weighted by molar-refractivity contribution is 5.95. The number of fused-ring (bicyclic) bond motifs is 2. The minimum absolute atomic E-state index is 0.0189. The normalized spacial score (nSPS) is 11.3. The summed E-state index contributed by atoms with van der Waals surface area (Å²) in [5.41, 5.74) is 2.78. The Morgan fingerprint density at radius 3 is 2.50 bits per heavy atom. The summed E-state index contributed by atoms with van der Waals surface area (Å²) in [4.78, 5) is 27.5. The summed E-state index contributed by atoms with van der Waals surface area (Å²) in [5.74, 6) is 0.212. The van der Waals surface area contributed by atoms with Crippen LogP contribution < -0.4 is 4.74 Å². The molecule has 0 spiro atoms. The molecule has 0 saturated heterocycles. The third-order valence-corrected chi connectivity index (χ3v) is 7.22. The molecule has 2 aromatic heterocycles. The van der Waals surface area contributed by atoms with E-state index in [0.29, 0.717) is 23.0 Å². The minimum atomic E-state index is -1.21. The lowest BCUT2D eigenvalue weighted by molar-refractivity contribution is 0.0693. The molecule has 4 aromatic carbocycles. The number of oxazole rings is 1. The number of hydrogen-bond acceptors (Lipinski definition) is 6. The van der Waals surface area contributed by atoms with Gasteiger partial charge in [0, 0.05) is 22.9 Å². The van der Waals surface area contributed by atoms with Crippen molar-refractivity contribution in [1.29, 1.82) is 0 Å². The number of benzene rings is 4. The zero-order valence-electron chi connectivity index (χ0n) is 22.8. The summed E-state index contributed by atoms with van der Waals surface area (Å²) in [6.07, 6.45) is 4.60. The van der Waals surface area contributed by atoms with E-state index >= 15 is 0 Å². The van der Waals surface area contributed by atoms with Gasteiger partial charge in [0.15, 0.2) is 5.76 Å². The summed E-state index contributed by atoms with van der Waals surface area (Å²) in [6, 6.07) is 23.4. The molecule has 0 fully saturated rings. The molecule has 8 nitrogen and oxygen atoms in total. The largest absolute Gasteiger partial charge is 0.489 e. The first-order valence-electron chi connectivity index (χ1n) is 13.6. The first-order chi connectivity index (χ1) is 20.4. The topological polar surface area (TPSA) is 123 Å². The molecule has 6 aromatic rings. The number of carbonyl (C=O) groups is 2. The number of carboxylic acids is 2. The molecule has 0 aliphatic carbocycles. The second-order valence-electron chi connectivity index (χ2n) is 10.0. The highest BCUT2D eigenvalue weighted by Gasteiger charge is 2.20. The average Bonchev–Trinajstić information content (AvgIpc) is 3.63. The summed E-state index contributed by atoms with van der Waals surface area (Å²) in [6.45, 7) is 2.13. The van der Waals surface area contributed by atoms with Crippen LogP contribution in [0.15, 0.2) is 93.9 Å². The molecule has 0 aliphatic rings. The standard InChI is InChI=1S/C34H27NO7/c1-2-3-7-29-31(26-6-4-5-8-28(26)41-29)32-35-18-30(42-32)22-10-9-21-16-25(14-13-20(21)15-22)40-19-24-12-11-23(33(36)37)17-27(24)34(38)39/h4-6,8-18H,2-3,7,19H2,1H3,(H,36,37)(H,38,39). The zero-order valence-corrected chi connectivity index (χ0v) is 22.8. The van der Waals surface area contributed by atoms with Crippen LogP contribution in [-0.4, -0.2) is 27.1 Å². The SMILES string of the molecule is CCCCc1oc2ccccc2c1-c1ncc(-c2ccc3cc(OCc4ccc(C(=O)O)cc4C(=O)O)ccc3c2)o1. The van der Waals surface area contributed by atoms with Crippen molar-refractivity contribution in [2.24, 2.45) is 0 Å². The van der Waals surface area contributed by atoms with Crippen molar-refractivity contribution in [2.75, 3.05) is 0 Å². The van der Waals surface area contributed by atoms with Crippen molar-refractivity contribution in [1.82, 2.24) is 4.98 Å². The molecule has 0 amide bonds. The predicted molar refractivity (Wildman–Crippen MR) is 158 cm³/mol. The molecular formula is C34H27NO7. The van der Waals surface area contributed by atoms with Gasteiger partial charge in [-0.05, 0) is 53.6 Å². The molecule has 8 heteroatoms. The van der Waals surface area contributed by atoms with E-state index in [0.717, 1.165) is 64.0 Å². The second kappa shape index (κ2) is 11.2. The van der Waals surface area contributed by atoms with Gasteiger partial charge in [-0.1, -0.05) is 55.8 Å². The zero-order chi connectivity index (χ0) is 29.2. The third kappa shape index (κ3) is 5.22.